The van der Waals surface area contributed by atoms with E-state index in [1.54, 1.807) is 0 Å². The number of aryl methyl sites for hydroxylation is 11. The maximum absolute atomic E-state index is 2.45. The van der Waals surface area contributed by atoms with Crippen LogP contribution in [0.4, 0.5) is 17.1 Å². The highest BCUT2D eigenvalue weighted by Crippen LogP contribution is 2.56. The van der Waals surface area contributed by atoms with Crippen molar-refractivity contribution in [2.75, 3.05) is 28.8 Å². The van der Waals surface area contributed by atoms with Gasteiger partial charge in [-0.2, -0.15) is 0 Å². The summed E-state index contributed by atoms with van der Waals surface area (Å²) in [5.74, 6) is 0.554. The molecule has 0 bridgehead atoms. The molecular formula is C112H143N12+3. The molecule has 3 atom stereocenters. The fourth-order valence-corrected chi connectivity index (χ4v) is 19.8. The van der Waals surface area contributed by atoms with Crippen LogP contribution in [0.5, 0.6) is 0 Å². The van der Waals surface area contributed by atoms with Crippen LogP contribution in [0.1, 0.15) is 221 Å². The summed E-state index contributed by atoms with van der Waals surface area (Å²) in [4.78, 5) is 13.7. The lowest BCUT2D eigenvalue weighted by Gasteiger charge is -2.46. The van der Waals surface area contributed by atoms with Crippen molar-refractivity contribution in [2.45, 2.75) is 250 Å². The van der Waals surface area contributed by atoms with Gasteiger partial charge in [-0.3, -0.25) is 0 Å². The first-order valence-corrected chi connectivity index (χ1v) is 45.1. The molecule has 18 rings (SSSR count). The second-order valence-corrected chi connectivity index (χ2v) is 39.8. The van der Waals surface area contributed by atoms with Crippen molar-refractivity contribution < 1.29 is 14.0 Å². The molecule has 12 nitrogen and oxygen atoms in total. The zero-order chi connectivity index (χ0) is 90.1. The Kier molecular flexibility index (Phi) is 25.2. The molecule has 0 unspecified atom stereocenters. The molecule has 0 amide bonds. The Morgan fingerprint density at radius 3 is 0.903 bits per heavy atom. The van der Waals surface area contributed by atoms with E-state index in [0.717, 1.165) is 0 Å². The lowest BCUT2D eigenvalue weighted by molar-refractivity contribution is -0.745. The third-order valence-corrected chi connectivity index (χ3v) is 29.6. The van der Waals surface area contributed by atoms with Gasteiger partial charge in [0.25, 0.3) is 0 Å². The standard InChI is InChI=1S/C26H33N2.C25H31N2.C23H27N2.C14H20N2.2C12H16N2/c1-17(2)19-12-14-20(15-13-19)21-16-27(8)28-23-18(3)10-9-11-22(23)25(4,5)26(6,7)24(21)28;1-16-12-17(2)14-19(13-16)20-15-26(8)27-22-18(3)10-9-11-21(22)24(4,5)25(6,7)23(20)27;1-16-11-10-14-19-20(16)25-21(23(4,5)22(19,2)3)18(15-24(25)6)17-12-8-7-9-13-17;1-11(2)15-9-10-16(13(15)4)14-8-6-5-7-12(14)3;2*1-10-6-4-5-7-12(10)14-9-8-13(3)11(14)2/h9-17H,1-8H3;9-15H,1-8H3;7-15H,1-6H3;5-11,13H,1-4H3;2*4-9,11H,1-3H3/q3*+1;;;/t;;;13-;2*11-/m...111/s1. The lowest BCUT2D eigenvalue weighted by atomic mass is 9.59. The quantitative estimate of drug-likeness (QED) is 0.141. The van der Waals surface area contributed by atoms with Gasteiger partial charge >= 0.3 is 0 Å². The van der Waals surface area contributed by atoms with E-state index in [4.69, 9.17) is 0 Å². The van der Waals surface area contributed by atoms with Crippen molar-refractivity contribution in [3.63, 3.8) is 0 Å². The van der Waals surface area contributed by atoms with Gasteiger partial charge in [0.2, 0.25) is 18.6 Å². The van der Waals surface area contributed by atoms with E-state index in [9.17, 15) is 0 Å². The van der Waals surface area contributed by atoms with E-state index in [1.165, 1.54) is 151 Å². The average Bonchev–Trinajstić information content (AvgIpc) is 1.48. The van der Waals surface area contributed by atoms with Crippen molar-refractivity contribution in [2.24, 2.45) is 21.1 Å². The zero-order valence-electron chi connectivity index (χ0n) is 81.0. The largest absolute Gasteiger partial charge is 0.359 e. The summed E-state index contributed by atoms with van der Waals surface area (Å²) in [7, 11) is 10.7. The molecule has 6 aliphatic rings. The molecule has 6 aliphatic heterocycles. The topological polar surface area (TPSA) is 45.9 Å². The SMILES string of the molecule is Cc1cc(C)cc(-c2c[n+](C)n3c2C(C)(C)C(C)(C)c2cccc(C)c2-3)c1.Cc1cccc2c1-n1c(c(-c3ccc(C(C)C)cc3)c[n+]1C)C(C)(C)C2(C)C.Cc1cccc2c1-n1c(c(-c3ccccc3)c[n+]1C)C(C)(C)C2(C)C.Cc1ccccc1N1C=CN(C(C)C)[C@H]1C.Cc1ccccc1N1C=CN(C)[C@H]1C.Cc1ccccc1N1C=CN(C)[C@H]1C. The van der Waals surface area contributed by atoms with Gasteiger partial charge in [-0.1, -0.05) is 290 Å². The summed E-state index contributed by atoms with van der Waals surface area (Å²) >= 11 is 0. The van der Waals surface area contributed by atoms with E-state index in [-0.39, 0.29) is 32.5 Å². The normalized spacial score (nSPS) is 18.1. The molecule has 0 radical (unpaired) electrons. The van der Waals surface area contributed by atoms with Crippen molar-refractivity contribution in [1.82, 2.24) is 28.7 Å². The van der Waals surface area contributed by atoms with Crippen molar-refractivity contribution in [3.05, 3.63) is 340 Å². The van der Waals surface area contributed by atoms with Crippen LogP contribution in [0.3, 0.4) is 0 Å². The minimum Gasteiger partial charge on any atom is -0.359 e. The zero-order valence-corrected chi connectivity index (χ0v) is 81.0. The van der Waals surface area contributed by atoms with Crippen LogP contribution < -0.4 is 28.7 Å². The molecular weight excluding hydrogens is 1510 g/mol. The van der Waals surface area contributed by atoms with Gasteiger partial charge < -0.3 is 29.4 Å². The highest BCUT2D eigenvalue weighted by atomic mass is 15.4. The number of para-hydroxylation sites is 6. The van der Waals surface area contributed by atoms with Crippen LogP contribution in [0.25, 0.3) is 50.4 Å². The van der Waals surface area contributed by atoms with Gasteiger partial charge in [0, 0.05) is 107 Å². The van der Waals surface area contributed by atoms with Crippen molar-refractivity contribution in [3.8, 4) is 50.4 Å². The summed E-state index contributed by atoms with van der Waals surface area (Å²) < 4.78 is 14.1. The summed E-state index contributed by atoms with van der Waals surface area (Å²) in [6.07, 6.45) is 21.0. The maximum atomic E-state index is 2.45. The minimum absolute atomic E-state index is 0.000226. The molecule has 0 fully saturated rings. The summed E-state index contributed by atoms with van der Waals surface area (Å²) in [5.41, 5.74) is 36.4. The molecule has 648 valence electrons. The number of fused-ring (bicyclic) bond motifs is 9. The first-order valence-electron chi connectivity index (χ1n) is 45.1. The molecule has 0 spiro atoms. The Hall–Kier alpha value is -11.4. The van der Waals surface area contributed by atoms with Crippen LogP contribution in [-0.2, 0) is 53.6 Å². The Morgan fingerprint density at radius 2 is 0.597 bits per heavy atom. The summed E-state index contributed by atoms with van der Waals surface area (Å²) in [5, 5.41) is 0. The smallest absolute Gasteiger partial charge is 0.203 e. The van der Waals surface area contributed by atoms with Crippen LogP contribution in [0.15, 0.2) is 256 Å². The molecule has 12 aromatic rings. The molecule has 0 saturated heterocycles. The molecule has 0 aliphatic carbocycles. The third-order valence-electron chi connectivity index (χ3n) is 29.6. The molecule has 3 aromatic heterocycles. The summed E-state index contributed by atoms with van der Waals surface area (Å²) in [6, 6.07) is 73.0. The molecule has 9 aromatic carbocycles. The van der Waals surface area contributed by atoms with E-state index >= 15 is 0 Å². The van der Waals surface area contributed by atoms with Crippen LogP contribution in [0.2, 0.25) is 0 Å². The predicted molar refractivity (Wildman–Crippen MR) is 522 cm³/mol. The molecule has 9 heterocycles. The number of anilines is 3. The maximum Gasteiger partial charge on any atom is 0.203 e. The number of benzene rings is 9. The highest BCUT2D eigenvalue weighted by Gasteiger charge is 2.55. The third kappa shape index (κ3) is 16.1. The average molecular weight is 1660 g/mol. The summed E-state index contributed by atoms with van der Waals surface area (Å²) in [6.45, 7) is 61.8. The van der Waals surface area contributed by atoms with Gasteiger partial charge in [0.05, 0.1) is 16.7 Å². The second-order valence-electron chi connectivity index (χ2n) is 39.8. The molecule has 124 heavy (non-hydrogen) atoms. The predicted octanol–water partition coefficient (Wildman–Crippen LogP) is 24.7. The Balaban J connectivity index is 0.000000131. The van der Waals surface area contributed by atoms with Crippen molar-refractivity contribution >= 4 is 17.1 Å². The number of hydrogen-bond acceptors (Lipinski definition) is 6. The van der Waals surface area contributed by atoms with Crippen LogP contribution in [-0.4, -0.2) is 67.4 Å². The Bertz CT molecular complexity index is 5890. The first kappa shape index (κ1) is 90.4. The van der Waals surface area contributed by atoms with Gasteiger partial charge in [0.1, 0.15) is 52.6 Å². The second kappa shape index (κ2) is 34.6. The molecule has 12 heteroatoms. The Labute approximate surface area is 745 Å². The van der Waals surface area contributed by atoms with Crippen LogP contribution >= 0.6 is 0 Å². The fraction of sp³-hybridized carbons (Fsp3) is 0.384. The van der Waals surface area contributed by atoms with Gasteiger partial charge in [-0.05, 0) is 186 Å². The molecule has 0 saturated carbocycles. The van der Waals surface area contributed by atoms with E-state index in [1.807, 2.05) is 0 Å². The van der Waals surface area contributed by atoms with Crippen molar-refractivity contribution in [1.29, 1.82) is 0 Å². The van der Waals surface area contributed by atoms with E-state index < -0.39 is 0 Å². The first-order chi connectivity index (χ1) is 58.4. The Morgan fingerprint density at radius 1 is 0.298 bits per heavy atom. The number of rotatable bonds is 8. The van der Waals surface area contributed by atoms with Gasteiger partial charge in [-0.15, -0.1) is 28.1 Å². The fourth-order valence-electron chi connectivity index (χ4n) is 19.8. The van der Waals surface area contributed by atoms with E-state index in [0.29, 0.717) is 30.5 Å². The van der Waals surface area contributed by atoms with Gasteiger partial charge in [0.15, 0.2) is 21.1 Å². The number of aromatic nitrogens is 6. The number of nitrogens with zero attached hydrogens (tertiary/aromatic N) is 12. The van der Waals surface area contributed by atoms with Gasteiger partial charge in [-0.25, -0.2) is 0 Å². The molecule has 0 N–H and O–H groups in total. The lowest BCUT2D eigenvalue weighted by Crippen LogP contribution is -2.51. The minimum atomic E-state index is -0.0128. The van der Waals surface area contributed by atoms with Crippen LogP contribution in [0, 0.1) is 55.4 Å². The highest BCUT2D eigenvalue weighted by molar-refractivity contribution is 5.75. The van der Waals surface area contributed by atoms with E-state index in [2.05, 4.69) is 536 Å². The monoisotopic (exact) mass is 1660 g/mol. The number of hydrogen-bond donors (Lipinski definition) is 0.